The van der Waals surface area contributed by atoms with Gasteiger partial charge in [0.05, 0.1) is 5.02 Å². The fraction of sp³-hybridized carbons (Fsp3) is 0.0556. The number of carbonyl (C=O) groups excluding carboxylic acids is 3. The van der Waals surface area contributed by atoms with E-state index in [9.17, 15) is 14.4 Å². The Morgan fingerprint density at radius 2 is 1.69 bits per heavy atom. The van der Waals surface area contributed by atoms with E-state index >= 15 is 0 Å². The van der Waals surface area contributed by atoms with E-state index < -0.39 is 24.0 Å². The lowest BCUT2D eigenvalue weighted by molar-refractivity contribution is -0.129. The maximum atomic E-state index is 12.6. The van der Waals surface area contributed by atoms with E-state index in [2.05, 4.69) is 0 Å². The number of primary amides is 1. The number of carbonyl (C=O) groups is 3. The minimum atomic E-state index is -1.34. The molecule has 0 saturated heterocycles. The van der Waals surface area contributed by atoms with Gasteiger partial charge in [-0.05, 0) is 6.07 Å². The number of nitrogens with one attached hydrogen (secondary N) is 1. The zero-order valence-electron chi connectivity index (χ0n) is 13.3. The molecule has 3 N–H and O–H groups in total. The molecule has 0 spiro atoms. The van der Waals surface area contributed by atoms with Gasteiger partial charge in [0.1, 0.15) is 4.88 Å². The predicted molar refractivity (Wildman–Crippen MR) is 99.2 cm³/mol. The molecular formula is C18H13ClN2O4S. The molecule has 0 fully saturated rings. The smallest absolute Gasteiger partial charge is 0.351 e. The number of nitrogens with two attached hydrogens (primary N) is 1. The molecule has 8 heteroatoms. The number of benzene rings is 2. The van der Waals surface area contributed by atoms with Crippen molar-refractivity contribution in [1.82, 2.24) is 5.32 Å². The monoisotopic (exact) mass is 388 g/mol. The number of amides is 3. The van der Waals surface area contributed by atoms with E-state index in [1.165, 1.54) is 0 Å². The third kappa shape index (κ3) is 3.68. The Kier molecular flexibility index (Phi) is 5.20. The van der Waals surface area contributed by atoms with E-state index in [4.69, 9.17) is 22.1 Å². The van der Waals surface area contributed by atoms with Gasteiger partial charge in [-0.15, -0.1) is 11.3 Å². The summed E-state index contributed by atoms with van der Waals surface area (Å²) in [5.41, 5.74) is 5.40. The van der Waals surface area contributed by atoms with Crippen molar-refractivity contribution in [3.63, 3.8) is 0 Å². The van der Waals surface area contributed by atoms with Crippen LogP contribution in [0.3, 0.4) is 0 Å². The van der Waals surface area contributed by atoms with Crippen LogP contribution in [-0.2, 0) is 9.53 Å². The average Bonchev–Trinajstić information content (AvgIpc) is 2.97. The van der Waals surface area contributed by atoms with Crippen LogP contribution in [-0.4, -0.2) is 17.9 Å². The highest BCUT2D eigenvalue weighted by atomic mass is 35.5. The van der Waals surface area contributed by atoms with Crippen LogP contribution in [0.15, 0.2) is 54.6 Å². The molecule has 3 aromatic rings. The van der Waals surface area contributed by atoms with Gasteiger partial charge in [-0.25, -0.2) is 9.59 Å². The van der Waals surface area contributed by atoms with E-state index in [0.29, 0.717) is 5.56 Å². The molecule has 0 bridgehead atoms. The van der Waals surface area contributed by atoms with Gasteiger partial charge in [0, 0.05) is 15.6 Å². The van der Waals surface area contributed by atoms with Crippen LogP contribution in [0.1, 0.15) is 21.3 Å². The first-order valence-corrected chi connectivity index (χ1v) is 8.70. The highest BCUT2D eigenvalue weighted by molar-refractivity contribution is 7.21. The molecule has 0 saturated carbocycles. The molecule has 0 unspecified atom stereocenters. The van der Waals surface area contributed by atoms with Crippen LogP contribution >= 0.6 is 22.9 Å². The van der Waals surface area contributed by atoms with Crippen LogP contribution in [0.2, 0.25) is 5.02 Å². The number of ether oxygens (including phenoxy) is 1. The normalized spacial score (nSPS) is 11.7. The number of thiophene rings is 1. The summed E-state index contributed by atoms with van der Waals surface area (Å²) in [6.07, 6.45) is -1.34. The molecule has 3 amide bonds. The first-order valence-electron chi connectivity index (χ1n) is 7.50. The minimum absolute atomic E-state index is 0.181. The van der Waals surface area contributed by atoms with E-state index in [1.54, 1.807) is 36.4 Å². The zero-order valence-corrected chi connectivity index (χ0v) is 14.8. The number of halogens is 1. The Morgan fingerprint density at radius 3 is 2.35 bits per heavy atom. The number of hydrogen-bond donors (Lipinski definition) is 2. The molecular weight excluding hydrogens is 376 g/mol. The molecule has 3 rings (SSSR count). The quantitative estimate of drug-likeness (QED) is 0.666. The Balaban J connectivity index is 1.92. The van der Waals surface area contributed by atoms with Gasteiger partial charge < -0.3 is 10.5 Å². The second kappa shape index (κ2) is 7.55. The summed E-state index contributed by atoms with van der Waals surface area (Å²) < 4.78 is 6.18. The van der Waals surface area contributed by atoms with Gasteiger partial charge >= 0.3 is 12.0 Å². The summed E-state index contributed by atoms with van der Waals surface area (Å²) in [6.45, 7) is 0. The Morgan fingerprint density at radius 1 is 1.04 bits per heavy atom. The standard InChI is InChI=1S/C18H13ClN2O4S/c19-13-11-8-4-5-9-12(11)26-15(13)17(23)25-14(16(22)21-18(20)24)10-6-2-1-3-7-10/h1-9,14H,(H3,20,21,22,24)/t14-/m1/s1. The topological polar surface area (TPSA) is 98.5 Å². The predicted octanol–water partition coefficient (Wildman–Crippen LogP) is 3.65. The van der Waals surface area contributed by atoms with E-state index in [0.717, 1.165) is 21.4 Å². The fourth-order valence-corrected chi connectivity index (χ4v) is 3.78. The van der Waals surface area contributed by atoms with Crippen molar-refractivity contribution in [2.45, 2.75) is 6.10 Å². The Hall–Kier alpha value is -2.90. The number of fused-ring (bicyclic) bond motifs is 1. The van der Waals surface area contributed by atoms with Crippen molar-refractivity contribution in [2.75, 3.05) is 0 Å². The highest BCUT2D eigenvalue weighted by Gasteiger charge is 2.28. The largest absolute Gasteiger partial charge is 0.443 e. The molecule has 26 heavy (non-hydrogen) atoms. The fourth-order valence-electron chi connectivity index (χ4n) is 2.39. The van der Waals surface area contributed by atoms with Crippen molar-refractivity contribution in [3.8, 4) is 0 Å². The molecule has 2 aromatic carbocycles. The highest BCUT2D eigenvalue weighted by Crippen LogP contribution is 2.36. The van der Waals surface area contributed by atoms with Crippen LogP contribution in [0.5, 0.6) is 0 Å². The number of esters is 1. The van der Waals surface area contributed by atoms with Crippen molar-refractivity contribution < 1.29 is 19.1 Å². The first kappa shape index (κ1) is 17.9. The third-order valence-electron chi connectivity index (χ3n) is 3.53. The zero-order chi connectivity index (χ0) is 18.7. The van der Waals surface area contributed by atoms with Crippen LogP contribution < -0.4 is 11.1 Å². The molecule has 1 atom stereocenters. The molecule has 132 valence electrons. The summed E-state index contributed by atoms with van der Waals surface area (Å²) in [5.74, 6) is -1.60. The Labute approximate surface area is 157 Å². The van der Waals surface area contributed by atoms with E-state index in [-0.39, 0.29) is 9.90 Å². The maximum Gasteiger partial charge on any atom is 0.351 e. The second-order valence-corrected chi connectivity index (χ2v) is 6.72. The summed E-state index contributed by atoms with van der Waals surface area (Å²) in [5, 5.41) is 2.92. The van der Waals surface area contributed by atoms with Gasteiger partial charge in [0.25, 0.3) is 5.91 Å². The lowest BCUT2D eigenvalue weighted by atomic mass is 10.1. The first-order chi connectivity index (χ1) is 12.5. The minimum Gasteiger partial charge on any atom is -0.443 e. The van der Waals surface area contributed by atoms with Crippen LogP contribution in [0, 0.1) is 0 Å². The number of urea groups is 1. The molecule has 0 aliphatic heterocycles. The summed E-state index contributed by atoms with van der Waals surface area (Å²) in [6, 6.07) is 14.5. The molecule has 6 nitrogen and oxygen atoms in total. The number of rotatable bonds is 4. The van der Waals surface area contributed by atoms with Crippen LogP contribution in [0.4, 0.5) is 4.79 Å². The number of hydrogen-bond acceptors (Lipinski definition) is 5. The Bertz CT molecular complexity index is 987. The van der Waals surface area contributed by atoms with Gasteiger partial charge in [0.2, 0.25) is 6.10 Å². The van der Waals surface area contributed by atoms with Crippen molar-refractivity contribution in [1.29, 1.82) is 0 Å². The van der Waals surface area contributed by atoms with Gasteiger partial charge in [-0.2, -0.15) is 0 Å². The van der Waals surface area contributed by atoms with Crippen molar-refractivity contribution in [2.24, 2.45) is 5.73 Å². The molecule has 1 aromatic heterocycles. The molecule has 0 aliphatic rings. The summed E-state index contributed by atoms with van der Waals surface area (Å²) in [7, 11) is 0. The second-order valence-electron chi connectivity index (χ2n) is 5.29. The van der Waals surface area contributed by atoms with Crippen molar-refractivity contribution in [3.05, 3.63) is 70.1 Å². The summed E-state index contributed by atoms with van der Waals surface area (Å²) in [4.78, 5) is 36.1. The van der Waals surface area contributed by atoms with E-state index in [1.807, 2.05) is 23.5 Å². The van der Waals surface area contributed by atoms with Crippen LogP contribution in [0.25, 0.3) is 10.1 Å². The van der Waals surface area contributed by atoms with Gasteiger partial charge in [0.15, 0.2) is 0 Å². The molecule has 0 radical (unpaired) electrons. The SMILES string of the molecule is NC(=O)NC(=O)[C@H](OC(=O)c1sc2ccccc2c1Cl)c1ccccc1. The maximum absolute atomic E-state index is 12.6. The number of imide groups is 1. The lowest BCUT2D eigenvalue weighted by Gasteiger charge is -2.16. The van der Waals surface area contributed by atoms with Crippen molar-refractivity contribution >= 4 is 50.9 Å². The molecule has 0 aliphatic carbocycles. The molecule has 1 heterocycles. The van der Waals surface area contributed by atoms with Gasteiger partial charge in [-0.1, -0.05) is 60.1 Å². The van der Waals surface area contributed by atoms with Gasteiger partial charge in [-0.3, -0.25) is 10.1 Å². The third-order valence-corrected chi connectivity index (χ3v) is 5.19. The summed E-state index contributed by atoms with van der Waals surface area (Å²) >= 11 is 7.45. The lowest BCUT2D eigenvalue weighted by Crippen LogP contribution is -2.39. The average molecular weight is 389 g/mol.